The molecule has 25 heavy (non-hydrogen) atoms. The summed E-state index contributed by atoms with van der Waals surface area (Å²) >= 11 is 1.44. The zero-order valence-corrected chi connectivity index (χ0v) is 16.3. The predicted octanol–water partition coefficient (Wildman–Crippen LogP) is 2.01. The summed E-state index contributed by atoms with van der Waals surface area (Å²) in [6.45, 7) is 1.97. The van der Waals surface area contributed by atoms with Crippen LogP contribution in [0.15, 0.2) is 28.6 Å². The predicted molar refractivity (Wildman–Crippen MR) is 101 cm³/mol. The molecule has 1 aliphatic heterocycles. The fourth-order valence-electron chi connectivity index (χ4n) is 3.93. The van der Waals surface area contributed by atoms with Gasteiger partial charge in [0.05, 0.1) is 26.7 Å². The van der Waals surface area contributed by atoms with E-state index in [1.165, 1.54) is 11.3 Å². The Balaban J connectivity index is 0.00000182. The summed E-state index contributed by atoms with van der Waals surface area (Å²) in [6.07, 6.45) is 1.64. The van der Waals surface area contributed by atoms with Gasteiger partial charge in [-0.05, 0) is 56.0 Å². The molecule has 2 aromatic rings. The van der Waals surface area contributed by atoms with Gasteiger partial charge in [0.25, 0.3) is 0 Å². The van der Waals surface area contributed by atoms with E-state index < -0.39 is 10.0 Å². The molecule has 0 radical (unpaired) electrons. The Morgan fingerprint density at radius 1 is 1.28 bits per heavy atom. The Morgan fingerprint density at radius 3 is 2.80 bits per heavy atom. The maximum atomic E-state index is 12.8. The molecule has 1 saturated heterocycles. The van der Waals surface area contributed by atoms with Crippen LogP contribution in [-0.4, -0.2) is 45.7 Å². The summed E-state index contributed by atoms with van der Waals surface area (Å²) in [7, 11) is -1.91. The number of halogens is 1. The van der Waals surface area contributed by atoms with Gasteiger partial charge in [-0.15, -0.1) is 23.7 Å². The van der Waals surface area contributed by atoms with Crippen LogP contribution in [0.2, 0.25) is 0 Å². The molecular formula is C16H22ClN3O3S2. The molecule has 1 aromatic carbocycles. The van der Waals surface area contributed by atoms with E-state index in [2.05, 4.69) is 15.0 Å². The second-order valence-electron chi connectivity index (χ2n) is 6.63. The first-order valence-electron chi connectivity index (χ1n) is 8.16. The highest BCUT2D eigenvalue weighted by atomic mass is 35.5. The van der Waals surface area contributed by atoms with Crippen LogP contribution >= 0.6 is 23.7 Å². The van der Waals surface area contributed by atoms with Crippen molar-refractivity contribution in [2.45, 2.75) is 29.9 Å². The maximum absolute atomic E-state index is 12.8. The van der Waals surface area contributed by atoms with Crippen molar-refractivity contribution in [3.05, 3.63) is 23.7 Å². The van der Waals surface area contributed by atoms with Crippen LogP contribution in [0.5, 0.6) is 0 Å². The number of benzene rings is 1. The third-order valence-electron chi connectivity index (χ3n) is 5.24. The number of hydrogen-bond acceptors (Lipinski definition) is 6. The topological polar surface area (TPSA) is 80.3 Å². The molecule has 2 heterocycles. The first-order chi connectivity index (χ1) is 11.6. The van der Waals surface area contributed by atoms with Gasteiger partial charge in [0.15, 0.2) is 0 Å². The molecule has 2 fully saturated rings. The van der Waals surface area contributed by atoms with Crippen LogP contribution in [0.25, 0.3) is 10.2 Å². The average Bonchev–Trinajstić information content (AvgIpc) is 3.21. The molecule has 2 N–H and O–H groups in total. The highest BCUT2D eigenvalue weighted by molar-refractivity contribution is 7.89. The first kappa shape index (κ1) is 19.0. The van der Waals surface area contributed by atoms with Gasteiger partial charge in [-0.25, -0.2) is 18.1 Å². The Labute approximate surface area is 157 Å². The number of nitrogens with zero attached hydrogens (tertiary/aromatic N) is 1. The van der Waals surface area contributed by atoms with Crippen LogP contribution in [0.4, 0.5) is 0 Å². The van der Waals surface area contributed by atoms with E-state index in [4.69, 9.17) is 4.74 Å². The van der Waals surface area contributed by atoms with E-state index in [1.54, 1.807) is 30.8 Å². The van der Waals surface area contributed by atoms with Gasteiger partial charge in [-0.2, -0.15) is 0 Å². The van der Waals surface area contributed by atoms with Crippen molar-refractivity contribution in [3.63, 3.8) is 0 Å². The minimum atomic E-state index is -3.57. The number of thiazole rings is 1. The third kappa shape index (κ3) is 3.70. The molecule has 0 bridgehead atoms. The number of fused-ring (bicyclic) bond motifs is 2. The second-order valence-corrected chi connectivity index (χ2v) is 9.23. The molecule has 1 aliphatic carbocycles. The van der Waals surface area contributed by atoms with Gasteiger partial charge in [0.1, 0.15) is 0 Å². The fourth-order valence-corrected chi connectivity index (χ4v) is 6.03. The summed E-state index contributed by atoms with van der Waals surface area (Å²) in [5.74, 6) is 1.11. The molecule has 4 atom stereocenters. The summed E-state index contributed by atoms with van der Waals surface area (Å²) < 4.78 is 35.0. The molecule has 9 heteroatoms. The zero-order chi connectivity index (χ0) is 16.7. The quantitative estimate of drug-likeness (QED) is 0.816. The number of methoxy groups -OCH3 is 1. The van der Waals surface area contributed by atoms with Crippen LogP contribution in [0.3, 0.4) is 0 Å². The van der Waals surface area contributed by atoms with E-state index in [9.17, 15) is 8.42 Å². The largest absolute Gasteiger partial charge is 0.380 e. The van der Waals surface area contributed by atoms with E-state index in [0.29, 0.717) is 16.7 Å². The van der Waals surface area contributed by atoms with Gasteiger partial charge in [0, 0.05) is 13.2 Å². The lowest BCUT2D eigenvalue weighted by Gasteiger charge is -2.37. The smallest absolute Gasteiger partial charge is 0.240 e. The van der Waals surface area contributed by atoms with Crippen molar-refractivity contribution in [1.82, 2.24) is 15.0 Å². The molecule has 6 nitrogen and oxygen atoms in total. The van der Waals surface area contributed by atoms with Gasteiger partial charge >= 0.3 is 0 Å². The number of sulfonamides is 1. The van der Waals surface area contributed by atoms with Gasteiger partial charge in [-0.3, -0.25) is 0 Å². The van der Waals surface area contributed by atoms with Crippen molar-refractivity contribution in [2.75, 3.05) is 20.2 Å². The van der Waals surface area contributed by atoms with Crippen molar-refractivity contribution >= 4 is 44.0 Å². The summed E-state index contributed by atoms with van der Waals surface area (Å²) in [5.41, 5.74) is 2.55. The van der Waals surface area contributed by atoms with Crippen molar-refractivity contribution in [3.8, 4) is 0 Å². The lowest BCUT2D eigenvalue weighted by molar-refractivity contribution is 0.0194. The molecular weight excluding hydrogens is 382 g/mol. The van der Waals surface area contributed by atoms with Crippen LogP contribution in [-0.2, 0) is 14.8 Å². The Hall–Kier alpha value is -0.770. The number of rotatable bonds is 4. The maximum Gasteiger partial charge on any atom is 0.240 e. The summed E-state index contributed by atoms with van der Waals surface area (Å²) in [4.78, 5) is 4.49. The van der Waals surface area contributed by atoms with Crippen LogP contribution in [0.1, 0.15) is 12.8 Å². The van der Waals surface area contributed by atoms with Crippen LogP contribution in [0, 0.1) is 11.8 Å². The minimum absolute atomic E-state index is 0. The van der Waals surface area contributed by atoms with E-state index in [1.807, 2.05) is 0 Å². The standard InChI is InChI=1S/C16H21N3O3S2.ClH/c1-22-15-5-11-8-17-7-10(11)4-14(15)19-24(20,21)12-2-3-13-16(6-12)23-9-18-13;/h2-3,6,9-11,14-15,17,19H,4-5,7-8H2,1H3;1H/t10-,11+,14-,15-;/m0./s1. The van der Waals surface area contributed by atoms with Crippen molar-refractivity contribution < 1.29 is 13.2 Å². The molecule has 0 spiro atoms. The minimum Gasteiger partial charge on any atom is -0.380 e. The number of hydrogen-bond donors (Lipinski definition) is 2. The van der Waals surface area contributed by atoms with Gasteiger partial charge in [-0.1, -0.05) is 0 Å². The molecule has 2 aliphatic rings. The van der Waals surface area contributed by atoms with Crippen LogP contribution < -0.4 is 10.0 Å². The lowest BCUT2D eigenvalue weighted by atomic mass is 9.78. The fraction of sp³-hybridized carbons (Fsp3) is 0.562. The first-order valence-corrected chi connectivity index (χ1v) is 10.5. The van der Waals surface area contributed by atoms with Crippen molar-refractivity contribution in [1.29, 1.82) is 0 Å². The SMILES string of the molecule is CO[C@H]1C[C@@H]2CNC[C@@H]2C[C@@H]1NS(=O)(=O)c1ccc2ncsc2c1.Cl. The number of ether oxygens (including phenoxy) is 1. The Bertz CT molecular complexity index is 842. The zero-order valence-electron chi connectivity index (χ0n) is 13.8. The molecule has 0 unspecified atom stereocenters. The third-order valence-corrected chi connectivity index (χ3v) is 7.52. The summed E-state index contributed by atoms with van der Waals surface area (Å²) in [6, 6.07) is 4.89. The molecule has 1 aromatic heterocycles. The van der Waals surface area contributed by atoms with E-state index in [0.717, 1.165) is 36.1 Å². The molecule has 4 rings (SSSR count). The van der Waals surface area contributed by atoms with E-state index >= 15 is 0 Å². The number of aromatic nitrogens is 1. The van der Waals surface area contributed by atoms with Gasteiger partial charge in [0.2, 0.25) is 10.0 Å². The molecule has 1 saturated carbocycles. The monoisotopic (exact) mass is 403 g/mol. The van der Waals surface area contributed by atoms with Gasteiger partial charge < -0.3 is 10.1 Å². The number of nitrogens with one attached hydrogen (secondary N) is 2. The molecule has 0 amide bonds. The van der Waals surface area contributed by atoms with E-state index in [-0.39, 0.29) is 24.6 Å². The average molecular weight is 404 g/mol. The highest BCUT2D eigenvalue weighted by Gasteiger charge is 2.41. The summed E-state index contributed by atoms with van der Waals surface area (Å²) in [5, 5.41) is 3.40. The highest BCUT2D eigenvalue weighted by Crippen LogP contribution is 2.35. The molecule has 138 valence electrons. The van der Waals surface area contributed by atoms with Crippen molar-refractivity contribution in [2.24, 2.45) is 11.8 Å². The Morgan fingerprint density at radius 2 is 2.04 bits per heavy atom. The lowest BCUT2D eigenvalue weighted by Crippen LogP contribution is -2.50. The second kappa shape index (κ2) is 7.46. The Kier molecular flexibility index (Phi) is 5.67. The normalized spacial score (nSPS) is 29.3.